The van der Waals surface area contributed by atoms with E-state index in [1.807, 2.05) is 58.8 Å². The lowest BCUT2D eigenvalue weighted by atomic mass is 10.1. The van der Waals surface area contributed by atoms with Gasteiger partial charge in [0.05, 0.1) is 0 Å². The highest BCUT2D eigenvalue weighted by Gasteiger charge is 2.34. The highest BCUT2D eigenvalue weighted by atomic mass is 35.5. The van der Waals surface area contributed by atoms with Gasteiger partial charge in [-0.25, -0.2) is 4.98 Å². The van der Waals surface area contributed by atoms with Crippen molar-refractivity contribution in [3.63, 3.8) is 0 Å². The molecule has 2 aliphatic carbocycles. The fraction of sp³-hybridized carbons (Fsp3) is 0.292. The molecule has 1 heterocycles. The van der Waals surface area contributed by atoms with E-state index in [-0.39, 0.29) is 17.9 Å². The number of carbonyl (C=O) groups excluding carboxylic acids is 2. The zero-order valence-electron chi connectivity index (χ0n) is 16.9. The molecule has 0 bridgehead atoms. The van der Waals surface area contributed by atoms with Crippen LogP contribution >= 0.6 is 22.9 Å². The Bertz CT molecular complexity index is 1100. The summed E-state index contributed by atoms with van der Waals surface area (Å²) >= 11 is 7.43. The normalized spacial score (nSPS) is 15.5. The zero-order chi connectivity index (χ0) is 21.4. The number of aromatic nitrogens is 1. The van der Waals surface area contributed by atoms with Crippen molar-refractivity contribution in [3.05, 3.63) is 75.8 Å². The summed E-state index contributed by atoms with van der Waals surface area (Å²) < 4.78 is 0. The first-order valence-corrected chi connectivity index (χ1v) is 11.7. The standard InChI is InChI=1S/C24H22ClN3O2S/c25-18-7-5-17(6-8-18)23-27-21(14-31-23)24(30)28(20-11-12-20)13-15-1-3-16(4-2-15)22(29)26-19-9-10-19/h1-8,14,19-20H,9-13H2,(H,26,29). The van der Waals surface area contributed by atoms with E-state index in [1.54, 1.807) is 0 Å². The molecule has 0 radical (unpaired) electrons. The first kappa shape index (κ1) is 20.2. The molecule has 0 saturated heterocycles. The number of benzene rings is 2. The van der Waals surface area contributed by atoms with E-state index in [1.165, 1.54) is 11.3 Å². The molecule has 2 fully saturated rings. The molecule has 2 saturated carbocycles. The van der Waals surface area contributed by atoms with Gasteiger partial charge in [-0.3, -0.25) is 9.59 Å². The number of carbonyl (C=O) groups is 2. The van der Waals surface area contributed by atoms with E-state index in [0.29, 0.717) is 28.9 Å². The summed E-state index contributed by atoms with van der Waals surface area (Å²) in [5, 5.41) is 6.31. The van der Waals surface area contributed by atoms with Gasteiger partial charge in [0, 0.05) is 40.2 Å². The smallest absolute Gasteiger partial charge is 0.273 e. The quantitative estimate of drug-likeness (QED) is 0.539. The van der Waals surface area contributed by atoms with Crippen molar-refractivity contribution >= 4 is 34.8 Å². The van der Waals surface area contributed by atoms with Gasteiger partial charge in [0.25, 0.3) is 11.8 Å². The van der Waals surface area contributed by atoms with Crippen molar-refractivity contribution in [2.24, 2.45) is 0 Å². The van der Waals surface area contributed by atoms with Gasteiger partial charge in [-0.15, -0.1) is 11.3 Å². The van der Waals surface area contributed by atoms with Crippen molar-refractivity contribution in [2.75, 3.05) is 0 Å². The molecule has 2 amide bonds. The van der Waals surface area contributed by atoms with E-state index in [2.05, 4.69) is 10.3 Å². The lowest BCUT2D eigenvalue weighted by Crippen LogP contribution is -2.32. The molecule has 7 heteroatoms. The molecule has 0 unspecified atom stereocenters. The molecule has 2 aromatic carbocycles. The number of rotatable bonds is 7. The number of thiazole rings is 1. The third-order valence-corrected chi connectivity index (χ3v) is 6.69. The van der Waals surface area contributed by atoms with Gasteiger partial charge in [-0.05, 0) is 55.5 Å². The van der Waals surface area contributed by atoms with Crippen molar-refractivity contribution in [3.8, 4) is 10.6 Å². The van der Waals surface area contributed by atoms with Gasteiger partial charge in [0.2, 0.25) is 0 Å². The van der Waals surface area contributed by atoms with Crippen molar-refractivity contribution in [1.82, 2.24) is 15.2 Å². The summed E-state index contributed by atoms with van der Waals surface area (Å²) in [6, 6.07) is 15.6. The molecule has 1 N–H and O–H groups in total. The Morgan fingerprint density at radius 1 is 1.03 bits per heavy atom. The maximum atomic E-state index is 13.2. The van der Waals surface area contributed by atoms with E-state index >= 15 is 0 Å². The average molecular weight is 452 g/mol. The Labute approximate surface area is 190 Å². The Morgan fingerprint density at radius 2 is 1.74 bits per heavy atom. The van der Waals surface area contributed by atoms with Crippen LogP contribution in [0.4, 0.5) is 0 Å². The number of nitrogens with zero attached hydrogens (tertiary/aromatic N) is 2. The van der Waals surface area contributed by atoms with Crippen LogP contribution in [0.5, 0.6) is 0 Å². The average Bonchev–Trinajstić information content (AvgIpc) is 3.72. The van der Waals surface area contributed by atoms with Crippen molar-refractivity contribution in [2.45, 2.75) is 44.3 Å². The van der Waals surface area contributed by atoms with Crippen LogP contribution in [-0.4, -0.2) is 33.8 Å². The summed E-state index contributed by atoms with van der Waals surface area (Å²) in [5.41, 5.74) is 3.09. The van der Waals surface area contributed by atoms with Gasteiger partial charge >= 0.3 is 0 Å². The van der Waals surface area contributed by atoms with Crippen LogP contribution in [0.3, 0.4) is 0 Å². The fourth-order valence-corrected chi connectivity index (χ4v) is 4.38. The first-order chi connectivity index (χ1) is 15.1. The SMILES string of the molecule is O=C(NC1CC1)c1ccc(CN(C(=O)c2csc(-c3ccc(Cl)cc3)n2)C2CC2)cc1. The van der Waals surface area contributed by atoms with Crippen LogP contribution < -0.4 is 5.32 Å². The van der Waals surface area contributed by atoms with Crippen LogP contribution in [0.2, 0.25) is 5.02 Å². The topological polar surface area (TPSA) is 62.3 Å². The molecule has 0 atom stereocenters. The predicted octanol–water partition coefficient (Wildman–Crippen LogP) is 5.16. The fourth-order valence-electron chi connectivity index (χ4n) is 3.45. The molecule has 31 heavy (non-hydrogen) atoms. The second kappa shape index (κ2) is 8.44. The van der Waals surface area contributed by atoms with Crippen molar-refractivity contribution < 1.29 is 9.59 Å². The molecule has 5 nitrogen and oxygen atoms in total. The van der Waals surface area contributed by atoms with Crippen LogP contribution in [0.1, 0.15) is 52.1 Å². The monoisotopic (exact) mass is 451 g/mol. The molecule has 1 aromatic heterocycles. The van der Waals surface area contributed by atoms with Gasteiger partial charge in [0.1, 0.15) is 10.7 Å². The van der Waals surface area contributed by atoms with E-state index < -0.39 is 0 Å². The molecule has 2 aliphatic rings. The number of hydrogen-bond donors (Lipinski definition) is 1. The third kappa shape index (κ3) is 4.81. The van der Waals surface area contributed by atoms with E-state index in [9.17, 15) is 9.59 Å². The predicted molar refractivity (Wildman–Crippen MR) is 122 cm³/mol. The zero-order valence-corrected chi connectivity index (χ0v) is 18.5. The van der Waals surface area contributed by atoms with Crippen LogP contribution in [0.25, 0.3) is 10.6 Å². The molecule has 158 valence electrons. The van der Waals surface area contributed by atoms with E-state index in [0.717, 1.165) is 41.8 Å². The Kier molecular flexibility index (Phi) is 5.50. The van der Waals surface area contributed by atoms with Crippen LogP contribution in [0.15, 0.2) is 53.9 Å². The molecule has 5 rings (SSSR count). The summed E-state index contributed by atoms with van der Waals surface area (Å²) in [6.45, 7) is 0.516. The highest BCUT2D eigenvalue weighted by molar-refractivity contribution is 7.13. The summed E-state index contributed by atoms with van der Waals surface area (Å²) in [6.07, 6.45) is 4.17. The number of hydrogen-bond acceptors (Lipinski definition) is 4. The largest absolute Gasteiger partial charge is 0.349 e. The van der Waals surface area contributed by atoms with Crippen LogP contribution in [0, 0.1) is 0 Å². The van der Waals surface area contributed by atoms with Gasteiger partial charge in [-0.1, -0.05) is 35.9 Å². The van der Waals surface area contributed by atoms with Crippen LogP contribution in [-0.2, 0) is 6.54 Å². The Hall–Kier alpha value is -2.70. The third-order valence-electron chi connectivity index (χ3n) is 5.54. The minimum Gasteiger partial charge on any atom is -0.349 e. The Morgan fingerprint density at radius 3 is 2.39 bits per heavy atom. The van der Waals surface area contributed by atoms with Gasteiger partial charge in [0.15, 0.2) is 0 Å². The number of amides is 2. The van der Waals surface area contributed by atoms with Crippen molar-refractivity contribution in [1.29, 1.82) is 0 Å². The molecule has 0 spiro atoms. The Balaban J connectivity index is 1.29. The number of halogens is 1. The summed E-state index contributed by atoms with van der Waals surface area (Å²) in [4.78, 5) is 31.9. The second-order valence-corrected chi connectivity index (χ2v) is 9.45. The van der Waals surface area contributed by atoms with Gasteiger partial charge in [-0.2, -0.15) is 0 Å². The maximum Gasteiger partial charge on any atom is 0.273 e. The minimum atomic E-state index is -0.0467. The molecular formula is C24H22ClN3O2S. The minimum absolute atomic E-state index is 0.0265. The molecule has 0 aliphatic heterocycles. The lowest BCUT2D eigenvalue weighted by molar-refractivity contribution is 0.0724. The number of nitrogens with one attached hydrogen (secondary N) is 1. The summed E-state index contributed by atoms with van der Waals surface area (Å²) in [7, 11) is 0. The molecule has 3 aromatic rings. The highest BCUT2D eigenvalue weighted by Crippen LogP contribution is 2.31. The van der Waals surface area contributed by atoms with E-state index in [4.69, 9.17) is 11.6 Å². The molecular weight excluding hydrogens is 430 g/mol. The lowest BCUT2D eigenvalue weighted by Gasteiger charge is -2.21. The van der Waals surface area contributed by atoms with Gasteiger partial charge < -0.3 is 10.2 Å². The first-order valence-electron chi connectivity index (χ1n) is 10.5. The summed E-state index contributed by atoms with van der Waals surface area (Å²) in [5.74, 6) is -0.0732. The second-order valence-electron chi connectivity index (χ2n) is 8.15. The maximum absolute atomic E-state index is 13.2.